The molecule has 17 heavy (non-hydrogen) atoms. The first-order valence-corrected chi connectivity index (χ1v) is 7.05. The molecule has 0 unspecified atom stereocenters. The van der Waals surface area contributed by atoms with Gasteiger partial charge in [-0.15, -0.1) is 0 Å². The molecule has 1 amide bonds. The predicted molar refractivity (Wildman–Crippen MR) is 69.8 cm³/mol. The third-order valence-electron chi connectivity index (χ3n) is 4.37. The maximum Gasteiger partial charge on any atom is 0.225 e. The van der Waals surface area contributed by atoms with E-state index in [1.165, 1.54) is 19.4 Å². The molecule has 98 valence electrons. The van der Waals surface area contributed by atoms with E-state index in [1.807, 2.05) is 13.8 Å². The average Bonchev–Trinajstić information content (AvgIpc) is 2.70. The largest absolute Gasteiger partial charge is 0.339 e. The van der Waals surface area contributed by atoms with Crippen LogP contribution < -0.4 is 0 Å². The third kappa shape index (κ3) is 2.49. The minimum atomic E-state index is 0.150. The molecule has 2 saturated heterocycles. The van der Waals surface area contributed by atoms with Gasteiger partial charge in [0.2, 0.25) is 5.91 Å². The van der Waals surface area contributed by atoms with Crippen molar-refractivity contribution >= 4 is 5.91 Å². The number of nitrogens with zero attached hydrogens (tertiary/aromatic N) is 2. The lowest BCUT2D eigenvalue weighted by Gasteiger charge is -2.40. The van der Waals surface area contributed by atoms with Gasteiger partial charge in [0, 0.05) is 37.6 Å². The van der Waals surface area contributed by atoms with Crippen molar-refractivity contribution < 1.29 is 4.79 Å². The van der Waals surface area contributed by atoms with E-state index in [0.717, 1.165) is 13.1 Å². The van der Waals surface area contributed by atoms with Crippen LogP contribution in [0.3, 0.4) is 0 Å². The van der Waals surface area contributed by atoms with Gasteiger partial charge in [0.05, 0.1) is 0 Å². The van der Waals surface area contributed by atoms with Gasteiger partial charge in [-0.25, -0.2) is 0 Å². The molecule has 0 aromatic rings. The zero-order chi connectivity index (χ0) is 12.6. The fourth-order valence-corrected chi connectivity index (χ4v) is 3.29. The van der Waals surface area contributed by atoms with Crippen molar-refractivity contribution in [3.63, 3.8) is 0 Å². The van der Waals surface area contributed by atoms with Crippen LogP contribution in [0.25, 0.3) is 0 Å². The van der Waals surface area contributed by atoms with Crippen LogP contribution in [-0.2, 0) is 4.79 Å². The van der Waals surface area contributed by atoms with Crippen LogP contribution in [-0.4, -0.2) is 47.4 Å². The summed E-state index contributed by atoms with van der Waals surface area (Å²) >= 11 is 0. The zero-order valence-electron chi connectivity index (χ0n) is 11.6. The van der Waals surface area contributed by atoms with Crippen molar-refractivity contribution in [2.45, 2.75) is 52.6 Å². The standard InChI is InChI=1S/C14H26N2O/c1-10(2)14(17)16-8-5-12-9-15(11(3)4)7-6-13(12)16/h10-13H,5-9H2,1-4H3/t12-,13+/m0/s1. The Kier molecular flexibility index (Phi) is 3.76. The summed E-state index contributed by atoms with van der Waals surface area (Å²) in [4.78, 5) is 16.8. The first-order chi connectivity index (χ1) is 8.00. The highest BCUT2D eigenvalue weighted by Crippen LogP contribution is 2.32. The monoisotopic (exact) mass is 238 g/mol. The van der Waals surface area contributed by atoms with Crippen molar-refractivity contribution in [1.82, 2.24) is 9.80 Å². The molecule has 0 aromatic heterocycles. The SMILES string of the molecule is CC(C)C(=O)N1CC[C@H]2CN(C(C)C)CC[C@H]21. The van der Waals surface area contributed by atoms with E-state index in [0.29, 0.717) is 23.9 Å². The number of likely N-dealkylation sites (tertiary alicyclic amines) is 2. The number of hydrogen-bond acceptors (Lipinski definition) is 2. The Bertz CT molecular complexity index is 288. The fourth-order valence-electron chi connectivity index (χ4n) is 3.29. The number of fused-ring (bicyclic) bond motifs is 1. The Labute approximate surface area is 105 Å². The maximum absolute atomic E-state index is 12.1. The van der Waals surface area contributed by atoms with Crippen LogP contribution in [0.15, 0.2) is 0 Å². The van der Waals surface area contributed by atoms with Crippen LogP contribution in [0.5, 0.6) is 0 Å². The van der Waals surface area contributed by atoms with E-state index in [2.05, 4.69) is 23.6 Å². The predicted octanol–water partition coefficient (Wildman–Crippen LogP) is 1.97. The molecule has 3 heteroatoms. The van der Waals surface area contributed by atoms with Gasteiger partial charge in [0.15, 0.2) is 0 Å². The fraction of sp³-hybridized carbons (Fsp3) is 0.929. The van der Waals surface area contributed by atoms with Crippen LogP contribution >= 0.6 is 0 Å². The lowest BCUT2D eigenvalue weighted by atomic mass is 9.92. The minimum Gasteiger partial charge on any atom is -0.339 e. The van der Waals surface area contributed by atoms with Crippen LogP contribution in [0.2, 0.25) is 0 Å². The first kappa shape index (κ1) is 12.9. The normalized spacial score (nSPS) is 30.1. The molecule has 2 aliphatic heterocycles. The Hall–Kier alpha value is -0.570. The van der Waals surface area contributed by atoms with Gasteiger partial charge in [-0.1, -0.05) is 13.8 Å². The number of hydrogen-bond donors (Lipinski definition) is 0. The molecule has 2 aliphatic rings. The topological polar surface area (TPSA) is 23.6 Å². The second-order valence-corrected chi connectivity index (χ2v) is 6.18. The molecule has 0 aromatic carbocycles. The summed E-state index contributed by atoms with van der Waals surface area (Å²) in [5, 5.41) is 0. The molecule has 3 nitrogen and oxygen atoms in total. The van der Waals surface area contributed by atoms with Gasteiger partial charge in [0.1, 0.15) is 0 Å². The van der Waals surface area contributed by atoms with E-state index in [-0.39, 0.29) is 5.92 Å². The summed E-state index contributed by atoms with van der Waals surface area (Å²) in [5.74, 6) is 1.22. The van der Waals surface area contributed by atoms with Gasteiger partial charge >= 0.3 is 0 Å². The quantitative estimate of drug-likeness (QED) is 0.734. The van der Waals surface area contributed by atoms with E-state index >= 15 is 0 Å². The van der Waals surface area contributed by atoms with Gasteiger partial charge < -0.3 is 9.80 Å². The molecular weight excluding hydrogens is 212 g/mol. The summed E-state index contributed by atoms with van der Waals surface area (Å²) in [7, 11) is 0. The van der Waals surface area contributed by atoms with Crippen LogP contribution in [0.4, 0.5) is 0 Å². The second kappa shape index (κ2) is 4.97. The Morgan fingerprint density at radius 3 is 2.41 bits per heavy atom. The molecule has 2 atom stereocenters. The molecule has 2 fully saturated rings. The molecule has 2 rings (SSSR count). The van der Waals surface area contributed by atoms with Gasteiger partial charge in [0.25, 0.3) is 0 Å². The van der Waals surface area contributed by atoms with E-state index in [4.69, 9.17) is 0 Å². The Morgan fingerprint density at radius 2 is 1.82 bits per heavy atom. The number of amides is 1. The summed E-state index contributed by atoms with van der Waals surface area (Å²) in [5.41, 5.74) is 0. The molecule has 0 radical (unpaired) electrons. The van der Waals surface area contributed by atoms with Crippen LogP contribution in [0.1, 0.15) is 40.5 Å². The highest BCUT2D eigenvalue weighted by Gasteiger charge is 2.41. The Morgan fingerprint density at radius 1 is 1.12 bits per heavy atom. The third-order valence-corrected chi connectivity index (χ3v) is 4.37. The summed E-state index contributed by atoms with van der Waals surface area (Å²) in [6.45, 7) is 11.9. The molecule has 0 N–H and O–H groups in total. The lowest BCUT2D eigenvalue weighted by Crippen LogP contribution is -2.50. The van der Waals surface area contributed by atoms with Crippen molar-refractivity contribution in [1.29, 1.82) is 0 Å². The first-order valence-electron chi connectivity index (χ1n) is 7.05. The van der Waals surface area contributed by atoms with Gasteiger partial charge in [-0.2, -0.15) is 0 Å². The van der Waals surface area contributed by atoms with Gasteiger partial charge in [-0.3, -0.25) is 4.79 Å². The lowest BCUT2D eigenvalue weighted by molar-refractivity contribution is -0.136. The smallest absolute Gasteiger partial charge is 0.225 e. The molecule has 0 spiro atoms. The minimum absolute atomic E-state index is 0.150. The summed E-state index contributed by atoms with van der Waals surface area (Å²) < 4.78 is 0. The van der Waals surface area contributed by atoms with Crippen molar-refractivity contribution in [2.75, 3.05) is 19.6 Å². The van der Waals surface area contributed by atoms with Crippen molar-refractivity contribution in [3.8, 4) is 0 Å². The van der Waals surface area contributed by atoms with E-state index in [1.54, 1.807) is 0 Å². The Balaban J connectivity index is 1.99. The molecular formula is C14H26N2O. The van der Waals surface area contributed by atoms with Crippen LogP contribution in [0, 0.1) is 11.8 Å². The maximum atomic E-state index is 12.1. The molecule has 0 bridgehead atoms. The van der Waals surface area contributed by atoms with E-state index < -0.39 is 0 Å². The van der Waals surface area contributed by atoms with E-state index in [9.17, 15) is 4.79 Å². The van der Waals surface area contributed by atoms with Crippen molar-refractivity contribution in [2.24, 2.45) is 11.8 Å². The molecule has 2 heterocycles. The molecule has 0 aliphatic carbocycles. The number of carbonyl (C=O) groups excluding carboxylic acids is 1. The number of carbonyl (C=O) groups is 1. The summed E-state index contributed by atoms with van der Waals surface area (Å²) in [6.07, 6.45) is 2.37. The second-order valence-electron chi connectivity index (χ2n) is 6.18. The average molecular weight is 238 g/mol. The van der Waals surface area contributed by atoms with Crippen molar-refractivity contribution in [3.05, 3.63) is 0 Å². The number of rotatable bonds is 2. The number of piperidine rings is 1. The highest BCUT2D eigenvalue weighted by molar-refractivity contribution is 5.78. The summed E-state index contributed by atoms with van der Waals surface area (Å²) in [6, 6.07) is 1.17. The zero-order valence-corrected chi connectivity index (χ0v) is 11.6. The highest BCUT2D eigenvalue weighted by atomic mass is 16.2. The molecule has 0 saturated carbocycles. The van der Waals surface area contributed by atoms with Gasteiger partial charge in [-0.05, 0) is 32.6 Å².